The van der Waals surface area contributed by atoms with Crippen molar-refractivity contribution in [3.63, 3.8) is 0 Å². The van der Waals surface area contributed by atoms with E-state index >= 15 is 0 Å². The molecule has 1 aliphatic heterocycles. The Kier molecular flexibility index (Phi) is 7.25. The number of carbonyl (C=O) groups is 2. The number of para-hydroxylation sites is 1. The van der Waals surface area contributed by atoms with E-state index in [0.29, 0.717) is 24.4 Å². The van der Waals surface area contributed by atoms with Crippen LogP contribution in [0, 0.1) is 5.41 Å². The van der Waals surface area contributed by atoms with E-state index < -0.39 is 16.9 Å². The number of aromatic amines is 1. The number of nitrogens with zero attached hydrogens (tertiary/aromatic N) is 1. The van der Waals surface area contributed by atoms with Crippen molar-refractivity contribution in [1.82, 2.24) is 15.5 Å². The van der Waals surface area contributed by atoms with Gasteiger partial charge in [-0.2, -0.15) is 5.10 Å². The van der Waals surface area contributed by atoms with Gasteiger partial charge in [0.15, 0.2) is 5.78 Å². The van der Waals surface area contributed by atoms with Crippen LogP contribution in [0.1, 0.15) is 41.4 Å². The van der Waals surface area contributed by atoms with Crippen molar-refractivity contribution in [1.29, 1.82) is 0 Å². The second kappa shape index (κ2) is 10.4. The summed E-state index contributed by atoms with van der Waals surface area (Å²) in [5.74, 6) is -3.65. The van der Waals surface area contributed by atoms with E-state index in [-0.39, 0.29) is 42.5 Å². The number of benzene rings is 2. The number of H-pyrrole nitrogens is 1. The molecule has 0 saturated carbocycles. The van der Waals surface area contributed by atoms with E-state index in [4.69, 9.17) is 4.74 Å². The number of halogens is 2. The Hall–Kier alpha value is -3.92. The number of ether oxygens (including phenoxy) is 1. The van der Waals surface area contributed by atoms with Crippen LogP contribution in [-0.4, -0.2) is 35.1 Å². The van der Waals surface area contributed by atoms with Crippen LogP contribution in [0.2, 0.25) is 0 Å². The molecule has 0 spiro atoms. The third-order valence-corrected chi connectivity index (χ3v) is 6.13. The third kappa shape index (κ3) is 5.83. The summed E-state index contributed by atoms with van der Waals surface area (Å²) in [5.41, 5.74) is 0.280. The molecule has 0 unspecified atom stereocenters. The van der Waals surface area contributed by atoms with E-state index in [0.717, 1.165) is 12.5 Å². The molecule has 1 saturated heterocycles. The molecule has 10 heteroatoms. The van der Waals surface area contributed by atoms with Gasteiger partial charge in [-0.25, -0.2) is 13.9 Å². The molecular formula is C26H26F2N4O4. The van der Waals surface area contributed by atoms with Crippen LogP contribution in [0.3, 0.4) is 0 Å². The van der Waals surface area contributed by atoms with Crippen molar-refractivity contribution in [2.24, 2.45) is 5.41 Å². The maximum Gasteiger partial charge on any atom is 0.272 e. The SMILES string of the molecule is CC(F)(F)c1ccccc1Nc1ccc(CNC(=O)[C@]2(CC(=O)c3ccc(=O)[nH]n3)CCOC2)cc1. The van der Waals surface area contributed by atoms with Crippen LogP contribution in [0.5, 0.6) is 0 Å². The van der Waals surface area contributed by atoms with E-state index in [1.807, 2.05) is 0 Å². The second-order valence-electron chi connectivity index (χ2n) is 8.93. The summed E-state index contributed by atoms with van der Waals surface area (Å²) in [4.78, 5) is 37.0. The van der Waals surface area contributed by atoms with Gasteiger partial charge in [-0.05, 0) is 36.2 Å². The number of nitrogens with one attached hydrogen (secondary N) is 3. The van der Waals surface area contributed by atoms with Crippen molar-refractivity contribution in [3.8, 4) is 0 Å². The Bertz CT molecular complexity index is 1280. The molecule has 4 rings (SSSR count). The fourth-order valence-electron chi connectivity index (χ4n) is 4.11. The minimum atomic E-state index is -2.98. The monoisotopic (exact) mass is 496 g/mol. The quantitative estimate of drug-likeness (QED) is 0.387. The normalized spacial score (nSPS) is 17.5. The van der Waals surface area contributed by atoms with E-state index in [2.05, 4.69) is 20.8 Å². The zero-order valence-electron chi connectivity index (χ0n) is 19.6. The Morgan fingerprint density at radius 1 is 1.11 bits per heavy atom. The Labute approximate surface area is 206 Å². The maximum absolute atomic E-state index is 13.9. The Morgan fingerprint density at radius 3 is 2.50 bits per heavy atom. The van der Waals surface area contributed by atoms with Gasteiger partial charge in [0.1, 0.15) is 5.69 Å². The van der Waals surface area contributed by atoms with Crippen molar-refractivity contribution in [2.45, 2.75) is 32.2 Å². The average molecular weight is 497 g/mol. The molecule has 3 aromatic rings. The lowest BCUT2D eigenvalue weighted by atomic mass is 9.80. The van der Waals surface area contributed by atoms with Gasteiger partial charge in [0, 0.05) is 49.5 Å². The number of anilines is 2. The van der Waals surface area contributed by atoms with E-state index in [1.54, 1.807) is 42.5 Å². The highest BCUT2D eigenvalue weighted by Crippen LogP contribution is 2.35. The summed E-state index contributed by atoms with van der Waals surface area (Å²) in [7, 11) is 0. The molecule has 36 heavy (non-hydrogen) atoms. The molecule has 188 valence electrons. The number of amides is 1. The van der Waals surface area contributed by atoms with E-state index in [1.165, 1.54) is 18.2 Å². The standard InChI is InChI=1S/C26H26F2N4O4/c1-25(27,28)19-4-2-3-5-20(19)30-18-8-6-17(7-9-18)15-29-24(35)26(12-13-36-16-26)14-22(33)21-10-11-23(34)32-31-21/h2-11,30H,12-16H2,1H3,(H,29,35)(H,32,34)/t26-/m0/s1. The first-order valence-corrected chi connectivity index (χ1v) is 11.4. The zero-order chi connectivity index (χ0) is 25.8. The van der Waals surface area contributed by atoms with Crippen LogP contribution in [0.4, 0.5) is 20.2 Å². The van der Waals surface area contributed by atoms with Crippen LogP contribution < -0.4 is 16.2 Å². The van der Waals surface area contributed by atoms with Gasteiger partial charge in [-0.1, -0.05) is 30.3 Å². The summed E-state index contributed by atoms with van der Waals surface area (Å²) in [5, 5.41) is 11.9. The summed E-state index contributed by atoms with van der Waals surface area (Å²) in [6, 6.07) is 15.8. The molecule has 2 aromatic carbocycles. The van der Waals surface area contributed by atoms with Gasteiger partial charge in [0.25, 0.3) is 11.5 Å². The second-order valence-corrected chi connectivity index (χ2v) is 8.93. The number of Topliss-reactive ketones (excluding diaryl/α,β-unsaturated/α-hetero) is 1. The largest absolute Gasteiger partial charge is 0.380 e. The number of rotatable bonds is 9. The number of ketones is 1. The lowest BCUT2D eigenvalue weighted by molar-refractivity contribution is -0.131. The summed E-state index contributed by atoms with van der Waals surface area (Å²) < 4.78 is 33.2. The van der Waals surface area contributed by atoms with Crippen LogP contribution in [0.25, 0.3) is 0 Å². The average Bonchev–Trinajstić information content (AvgIpc) is 3.33. The molecule has 1 fully saturated rings. The maximum atomic E-state index is 13.9. The highest BCUT2D eigenvalue weighted by molar-refractivity contribution is 5.98. The third-order valence-electron chi connectivity index (χ3n) is 6.13. The molecule has 0 radical (unpaired) electrons. The number of alkyl halides is 2. The molecule has 3 N–H and O–H groups in total. The minimum Gasteiger partial charge on any atom is -0.380 e. The summed E-state index contributed by atoms with van der Waals surface area (Å²) in [6.07, 6.45) is 0.292. The van der Waals surface area contributed by atoms with Crippen molar-refractivity contribution in [3.05, 3.63) is 87.8 Å². The predicted molar refractivity (Wildman–Crippen MR) is 129 cm³/mol. The molecule has 1 aromatic heterocycles. The number of hydrogen-bond donors (Lipinski definition) is 3. The highest BCUT2D eigenvalue weighted by atomic mass is 19.3. The Balaban J connectivity index is 1.39. The topological polar surface area (TPSA) is 113 Å². The van der Waals surface area contributed by atoms with Crippen LogP contribution >= 0.6 is 0 Å². The van der Waals surface area contributed by atoms with Gasteiger partial charge < -0.3 is 15.4 Å². The van der Waals surface area contributed by atoms with Crippen LogP contribution in [0.15, 0.2) is 65.5 Å². The summed E-state index contributed by atoms with van der Waals surface area (Å²) in [6.45, 7) is 1.54. The first-order chi connectivity index (χ1) is 17.2. The highest BCUT2D eigenvalue weighted by Gasteiger charge is 2.44. The lowest BCUT2D eigenvalue weighted by Gasteiger charge is -2.25. The first kappa shape index (κ1) is 25.2. The van der Waals surface area contributed by atoms with Gasteiger partial charge in [0.2, 0.25) is 5.91 Å². The molecule has 1 atom stereocenters. The molecular weight excluding hydrogens is 470 g/mol. The Morgan fingerprint density at radius 2 is 1.86 bits per heavy atom. The fraction of sp³-hybridized carbons (Fsp3) is 0.308. The fourth-order valence-corrected chi connectivity index (χ4v) is 4.11. The van der Waals surface area contributed by atoms with E-state index in [9.17, 15) is 23.2 Å². The minimum absolute atomic E-state index is 0.0826. The van der Waals surface area contributed by atoms with Gasteiger partial charge in [0.05, 0.1) is 12.0 Å². The molecule has 0 bridgehead atoms. The molecule has 1 amide bonds. The zero-order valence-corrected chi connectivity index (χ0v) is 19.6. The van der Waals surface area contributed by atoms with Crippen molar-refractivity contribution < 1.29 is 23.1 Å². The molecule has 0 aliphatic carbocycles. The molecule has 2 heterocycles. The smallest absolute Gasteiger partial charge is 0.272 e. The van der Waals surface area contributed by atoms with Crippen LogP contribution in [-0.2, 0) is 22.0 Å². The van der Waals surface area contributed by atoms with Crippen molar-refractivity contribution in [2.75, 3.05) is 18.5 Å². The van der Waals surface area contributed by atoms with Gasteiger partial charge >= 0.3 is 0 Å². The lowest BCUT2D eigenvalue weighted by Crippen LogP contribution is -2.42. The number of carbonyl (C=O) groups excluding carboxylic acids is 2. The van der Waals surface area contributed by atoms with Gasteiger partial charge in [-0.15, -0.1) is 0 Å². The molecule has 8 nitrogen and oxygen atoms in total. The first-order valence-electron chi connectivity index (χ1n) is 11.4. The summed E-state index contributed by atoms with van der Waals surface area (Å²) >= 11 is 0. The molecule has 1 aliphatic rings. The number of aromatic nitrogens is 2. The number of hydrogen-bond acceptors (Lipinski definition) is 6. The van der Waals surface area contributed by atoms with Gasteiger partial charge in [-0.3, -0.25) is 14.4 Å². The van der Waals surface area contributed by atoms with Crippen molar-refractivity contribution >= 4 is 23.1 Å². The predicted octanol–water partition coefficient (Wildman–Crippen LogP) is 3.92.